The van der Waals surface area contributed by atoms with E-state index in [1.54, 1.807) is 6.08 Å². The number of nitrogens with one attached hydrogen (secondary N) is 1. The Morgan fingerprint density at radius 1 is 0.380 bits per heavy atom. The predicted molar refractivity (Wildman–Crippen MR) is 310 cm³/mol. The van der Waals surface area contributed by atoms with Crippen LogP contribution in [0.2, 0.25) is 0 Å². The van der Waals surface area contributed by atoms with E-state index in [0.717, 1.165) is 44.9 Å². The smallest absolute Gasteiger partial charge is 0.305 e. The molecule has 0 heterocycles. The number of hydrogen-bond donors (Lipinski definition) is 3. The van der Waals surface area contributed by atoms with Gasteiger partial charge in [-0.2, -0.15) is 0 Å². The van der Waals surface area contributed by atoms with E-state index in [2.05, 4.69) is 31.3 Å². The lowest BCUT2D eigenvalue weighted by molar-refractivity contribution is -0.143. The van der Waals surface area contributed by atoms with Gasteiger partial charge in [0.05, 0.1) is 25.4 Å². The van der Waals surface area contributed by atoms with Gasteiger partial charge in [0.25, 0.3) is 0 Å². The number of amides is 1. The van der Waals surface area contributed by atoms with Gasteiger partial charge < -0.3 is 20.3 Å². The highest BCUT2D eigenvalue weighted by molar-refractivity contribution is 5.76. The number of carbonyl (C=O) groups excluding carboxylic acids is 2. The minimum Gasteiger partial charge on any atom is -0.466 e. The van der Waals surface area contributed by atoms with Crippen molar-refractivity contribution in [1.29, 1.82) is 0 Å². The van der Waals surface area contributed by atoms with Crippen molar-refractivity contribution in [1.82, 2.24) is 5.32 Å². The summed E-state index contributed by atoms with van der Waals surface area (Å²) >= 11 is 0. The maximum Gasteiger partial charge on any atom is 0.305 e. The highest BCUT2D eigenvalue weighted by atomic mass is 16.5. The van der Waals surface area contributed by atoms with E-state index in [1.165, 1.54) is 283 Å². The number of esters is 1. The maximum atomic E-state index is 12.4. The molecular weight excluding hydrogens is 875 g/mol. The van der Waals surface area contributed by atoms with E-state index < -0.39 is 12.1 Å². The molecule has 2 unspecified atom stereocenters. The van der Waals surface area contributed by atoms with Gasteiger partial charge in [-0.3, -0.25) is 9.59 Å². The Balaban J connectivity index is 3.30. The van der Waals surface area contributed by atoms with Crippen molar-refractivity contribution >= 4 is 11.9 Å². The van der Waals surface area contributed by atoms with Gasteiger partial charge in [0.2, 0.25) is 5.91 Å². The summed E-state index contributed by atoms with van der Waals surface area (Å²) in [6.45, 7) is 4.88. The van der Waals surface area contributed by atoms with E-state index >= 15 is 0 Å². The van der Waals surface area contributed by atoms with Crippen LogP contribution in [0.15, 0.2) is 24.3 Å². The third-order valence-corrected chi connectivity index (χ3v) is 15.0. The van der Waals surface area contributed by atoms with Crippen molar-refractivity contribution in [3.63, 3.8) is 0 Å². The van der Waals surface area contributed by atoms with Gasteiger partial charge in [-0.25, -0.2) is 0 Å². The molecule has 0 fully saturated rings. The van der Waals surface area contributed by atoms with Crippen molar-refractivity contribution in [2.45, 2.75) is 366 Å². The van der Waals surface area contributed by atoms with E-state index in [0.29, 0.717) is 19.4 Å². The highest BCUT2D eigenvalue weighted by Crippen LogP contribution is 2.18. The maximum absolute atomic E-state index is 12.4. The zero-order chi connectivity index (χ0) is 51.4. The first-order valence-electron chi connectivity index (χ1n) is 32.1. The molecule has 0 aromatic carbocycles. The Morgan fingerprint density at radius 3 is 1.01 bits per heavy atom. The molecule has 6 nitrogen and oxygen atoms in total. The van der Waals surface area contributed by atoms with Crippen LogP contribution < -0.4 is 5.32 Å². The van der Waals surface area contributed by atoms with Gasteiger partial charge in [-0.15, -0.1) is 0 Å². The molecule has 0 aromatic rings. The largest absolute Gasteiger partial charge is 0.466 e. The molecule has 0 radical (unpaired) electrons. The van der Waals surface area contributed by atoms with Crippen LogP contribution in [0.1, 0.15) is 354 Å². The van der Waals surface area contributed by atoms with Crippen LogP contribution in [0.3, 0.4) is 0 Å². The zero-order valence-electron chi connectivity index (χ0n) is 48.0. The Labute approximate surface area is 443 Å². The number of rotatable bonds is 60. The van der Waals surface area contributed by atoms with Crippen molar-refractivity contribution in [3.05, 3.63) is 24.3 Å². The topological polar surface area (TPSA) is 95.9 Å². The second-order valence-corrected chi connectivity index (χ2v) is 22.1. The summed E-state index contributed by atoms with van der Waals surface area (Å²) in [6.07, 6.45) is 75.4. The van der Waals surface area contributed by atoms with Crippen LogP contribution in [-0.4, -0.2) is 47.4 Å². The van der Waals surface area contributed by atoms with Gasteiger partial charge in [0.1, 0.15) is 0 Å². The van der Waals surface area contributed by atoms with Crippen molar-refractivity contribution in [2.75, 3.05) is 13.2 Å². The first kappa shape index (κ1) is 69.3. The summed E-state index contributed by atoms with van der Waals surface area (Å²) in [4.78, 5) is 24.4. The fourth-order valence-electron chi connectivity index (χ4n) is 10.0. The summed E-state index contributed by atoms with van der Waals surface area (Å²) in [7, 11) is 0. The number of hydrogen-bond acceptors (Lipinski definition) is 5. The molecule has 71 heavy (non-hydrogen) atoms. The molecule has 6 heteroatoms. The third kappa shape index (κ3) is 57.5. The fraction of sp³-hybridized carbons (Fsp3) is 0.908. The first-order valence-corrected chi connectivity index (χ1v) is 32.1. The van der Waals surface area contributed by atoms with Crippen molar-refractivity contribution in [3.8, 4) is 0 Å². The predicted octanol–water partition coefficient (Wildman–Crippen LogP) is 20.2. The monoisotopic (exact) mass is 1000 g/mol. The fourth-order valence-corrected chi connectivity index (χ4v) is 10.0. The summed E-state index contributed by atoms with van der Waals surface area (Å²) in [5.74, 6) is -0.0533. The molecule has 0 bridgehead atoms. The normalized spacial score (nSPS) is 12.7. The minimum absolute atomic E-state index is 0.0117. The molecule has 0 aliphatic rings. The van der Waals surface area contributed by atoms with Gasteiger partial charge in [-0.05, 0) is 57.8 Å². The third-order valence-electron chi connectivity index (χ3n) is 15.0. The molecule has 0 spiro atoms. The number of unbranched alkanes of at least 4 members (excludes halogenated alkanes) is 47. The van der Waals surface area contributed by atoms with Crippen LogP contribution >= 0.6 is 0 Å². The number of aliphatic hydroxyl groups excluding tert-OH is 2. The lowest BCUT2D eigenvalue weighted by atomic mass is 10.0. The number of ether oxygens (including phenoxy) is 1. The van der Waals surface area contributed by atoms with Gasteiger partial charge in [-0.1, -0.05) is 308 Å². The average Bonchev–Trinajstić information content (AvgIpc) is 3.37. The van der Waals surface area contributed by atoms with E-state index in [4.69, 9.17) is 4.74 Å². The number of carbonyl (C=O) groups is 2. The van der Waals surface area contributed by atoms with Crippen LogP contribution in [-0.2, 0) is 14.3 Å². The second kappa shape index (κ2) is 60.9. The average molecular weight is 1000 g/mol. The summed E-state index contributed by atoms with van der Waals surface area (Å²) in [5.41, 5.74) is 0. The molecule has 3 N–H and O–H groups in total. The van der Waals surface area contributed by atoms with Gasteiger partial charge >= 0.3 is 5.97 Å². The molecular formula is C65H125NO5. The van der Waals surface area contributed by atoms with Crippen LogP contribution in [0, 0.1) is 0 Å². The highest BCUT2D eigenvalue weighted by Gasteiger charge is 2.18. The lowest BCUT2D eigenvalue weighted by Gasteiger charge is -2.20. The van der Waals surface area contributed by atoms with Gasteiger partial charge in [0.15, 0.2) is 0 Å². The molecule has 0 rings (SSSR count). The Bertz CT molecular complexity index is 1110. The zero-order valence-corrected chi connectivity index (χ0v) is 48.0. The van der Waals surface area contributed by atoms with E-state index in [1.807, 2.05) is 6.08 Å². The first-order chi connectivity index (χ1) is 35.0. The van der Waals surface area contributed by atoms with Crippen LogP contribution in [0.25, 0.3) is 0 Å². The van der Waals surface area contributed by atoms with Crippen LogP contribution in [0.4, 0.5) is 0 Å². The Kier molecular flexibility index (Phi) is 59.5. The quantitative estimate of drug-likeness (QED) is 0.0320. The van der Waals surface area contributed by atoms with Crippen LogP contribution in [0.5, 0.6) is 0 Å². The number of aliphatic hydroxyl groups is 2. The Morgan fingerprint density at radius 2 is 0.662 bits per heavy atom. The summed E-state index contributed by atoms with van der Waals surface area (Å²) in [6, 6.07) is -0.621. The van der Waals surface area contributed by atoms with E-state index in [9.17, 15) is 19.8 Å². The Hall–Kier alpha value is -1.66. The number of allylic oxidation sites excluding steroid dienone is 3. The molecule has 0 aromatic heterocycles. The molecule has 0 saturated carbocycles. The van der Waals surface area contributed by atoms with Crippen molar-refractivity contribution < 1.29 is 24.5 Å². The molecule has 1 amide bonds. The SMILES string of the molecule is CCCCCC/C=C\CCCCCCCC(=O)OCCCCCCCCCCCCCCCCCCCCCCCCCCCCCCCCCCC(=O)NC(CO)C(O)/C=C/CCCCCCCCC. The standard InChI is InChI=1S/C65H125NO5/c1-3-5-7-9-11-13-14-35-39-43-47-51-55-59-65(70)71-60-56-52-48-44-40-37-34-32-30-28-26-24-22-20-18-16-15-17-19-21-23-25-27-29-31-33-36-38-42-46-50-54-58-64(69)66-62(61-67)63(68)57-53-49-45-41-12-10-8-6-4-2/h13-14,53,57,62-63,67-68H,3-12,15-52,54-56,58-61H2,1-2H3,(H,66,69)/b14-13-,57-53+. The van der Waals surface area contributed by atoms with Gasteiger partial charge in [0, 0.05) is 12.8 Å². The second-order valence-electron chi connectivity index (χ2n) is 22.1. The minimum atomic E-state index is -0.838. The summed E-state index contributed by atoms with van der Waals surface area (Å²) < 4.78 is 5.48. The molecule has 0 aliphatic carbocycles. The molecule has 2 atom stereocenters. The van der Waals surface area contributed by atoms with Crippen molar-refractivity contribution in [2.24, 2.45) is 0 Å². The lowest BCUT2D eigenvalue weighted by Crippen LogP contribution is -2.45. The van der Waals surface area contributed by atoms with E-state index in [-0.39, 0.29) is 18.5 Å². The molecule has 420 valence electrons. The molecule has 0 aliphatic heterocycles. The summed E-state index contributed by atoms with van der Waals surface area (Å²) in [5, 5.41) is 23.0. The molecule has 0 saturated heterocycles.